The van der Waals surface area contributed by atoms with Gasteiger partial charge in [-0.1, -0.05) is 35.9 Å². The zero-order valence-corrected chi connectivity index (χ0v) is 23.5. The van der Waals surface area contributed by atoms with Crippen molar-refractivity contribution in [3.63, 3.8) is 0 Å². The highest BCUT2D eigenvalue weighted by Crippen LogP contribution is 2.66. The molecule has 1 fully saturated rings. The topological polar surface area (TPSA) is 108 Å². The van der Waals surface area contributed by atoms with Crippen LogP contribution in [0.5, 0.6) is 0 Å². The molecule has 2 aromatic heterocycles. The summed E-state index contributed by atoms with van der Waals surface area (Å²) in [6.45, 7) is 5.93. The number of ether oxygens (including phenoxy) is 1. The smallest absolute Gasteiger partial charge is 0.356 e. The van der Waals surface area contributed by atoms with Crippen molar-refractivity contribution in [2.45, 2.75) is 43.4 Å². The lowest BCUT2D eigenvalue weighted by molar-refractivity contribution is -0.120. The molecule has 0 radical (unpaired) electrons. The molecule has 1 amide bonds. The fourth-order valence-electron chi connectivity index (χ4n) is 6.15. The minimum Gasteiger partial charge on any atom is -0.461 e. The summed E-state index contributed by atoms with van der Waals surface area (Å²) in [6, 6.07) is 15.3. The van der Waals surface area contributed by atoms with Crippen molar-refractivity contribution in [2.75, 3.05) is 18.1 Å². The standard InChI is InChI=1S/C30H29N3O6S/c1-5-32-24-10-8-7-9-22(24)30(29(32)36)16-23(30)21-17-31(4)27(34)26-20(21)15-25(28(35)39-6-2)33(26)40(37,38)19-13-11-18(3)12-14-19/h7-15,17,23H,5-6,16H2,1-4H3/t23-,30-/m0/s1. The van der Waals surface area contributed by atoms with Gasteiger partial charge in [-0.15, -0.1) is 0 Å². The van der Waals surface area contributed by atoms with Gasteiger partial charge in [0.05, 0.1) is 16.9 Å². The van der Waals surface area contributed by atoms with E-state index in [0.717, 1.165) is 20.8 Å². The average Bonchev–Trinajstić information content (AvgIpc) is 3.46. The molecule has 6 rings (SSSR count). The maximum Gasteiger partial charge on any atom is 0.356 e. The number of esters is 1. The van der Waals surface area contributed by atoms with Crippen LogP contribution in [0.25, 0.3) is 10.9 Å². The molecule has 1 aliphatic carbocycles. The number of amides is 1. The number of para-hydroxylation sites is 1. The zero-order valence-electron chi connectivity index (χ0n) is 22.7. The maximum atomic E-state index is 14.0. The van der Waals surface area contributed by atoms with E-state index in [4.69, 9.17) is 4.74 Å². The van der Waals surface area contributed by atoms with Gasteiger partial charge >= 0.3 is 5.97 Å². The number of nitrogens with zero attached hydrogens (tertiary/aromatic N) is 3. The first-order chi connectivity index (χ1) is 19.1. The van der Waals surface area contributed by atoms with E-state index in [1.54, 1.807) is 37.2 Å². The van der Waals surface area contributed by atoms with Crippen molar-refractivity contribution in [3.05, 3.63) is 93.5 Å². The first-order valence-electron chi connectivity index (χ1n) is 13.2. The molecule has 1 saturated carbocycles. The van der Waals surface area contributed by atoms with E-state index in [-0.39, 0.29) is 34.5 Å². The number of likely N-dealkylation sites (N-methyl/N-ethyl adjacent to an activating group) is 1. The van der Waals surface area contributed by atoms with E-state index in [0.29, 0.717) is 23.9 Å². The summed E-state index contributed by atoms with van der Waals surface area (Å²) < 4.78 is 35.4. The molecule has 40 heavy (non-hydrogen) atoms. The Morgan fingerprint density at radius 2 is 1.77 bits per heavy atom. The molecule has 0 bridgehead atoms. The molecule has 0 unspecified atom stereocenters. The molecule has 4 aromatic rings. The van der Waals surface area contributed by atoms with E-state index in [9.17, 15) is 22.8 Å². The number of aryl methyl sites for hydroxylation is 2. The van der Waals surface area contributed by atoms with E-state index >= 15 is 0 Å². The van der Waals surface area contributed by atoms with Gasteiger partial charge in [0.2, 0.25) is 5.91 Å². The predicted octanol–water partition coefficient (Wildman–Crippen LogP) is 3.85. The second-order valence-electron chi connectivity index (χ2n) is 10.4. The van der Waals surface area contributed by atoms with Gasteiger partial charge in [0, 0.05) is 36.8 Å². The van der Waals surface area contributed by atoms with Gasteiger partial charge in [-0.25, -0.2) is 17.2 Å². The van der Waals surface area contributed by atoms with Gasteiger partial charge in [-0.05, 0) is 62.6 Å². The maximum absolute atomic E-state index is 14.0. The number of benzene rings is 2. The Morgan fingerprint density at radius 1 is 1.07 bits per heavy atom. The second-order valence-corrected chi connectivity index (χ2v) is 12.2. The average molecular weight is 560 g/mol. The van der Waals surface area contributed by atoms with Crippen LogP contribution in [0.2, 0.25) is 0 Å². The Morgan fingerprint density at radius 3 is 2.45 bits per heavy atom. The number of aromatic nitrogens is 2. The highest BCUT2D eigenvalue weighted by Gasteiger charge is 2.67. The van der Waals surface area contributed by atoms with Gasteiger partial charge in [-0.2, -0.15) is 0 Å². The molecular formula is C30H29N3O6S. The summed E-state index contributed by atoms with van der Waals surface area (Å²) in [6.07, 6.45) is 2.17. The molecule has 10 heteroatoms. The lowest BCUT2D eigenvalue weighted by Gasteiger charge is -2.16. The summed E-state index contributed by atoms with van der Waals surface area (Å²) in [7, 11) is -2.82. The molecule has 2 aromatic carbocycles. The summed E-state index contributed by atoms with van der Waals surface area (Å²) in [5.74, 6) is -1.17. The van der Waals surface area contributed by atoms with E-state index in [2.05, 4.69) is 0 Å². The Balaban J connectivity index is 1.62. The fourth-order valence-corrected chi connectivity index (χ4v) is 7.64. The zero-order chi connectivity index (χ0) is 28.6. The molecule has 0 N–H and O–H groups in total. The van der Waals surface area contributed by atoms with Crippen molar-refractivity contribution in [1.82, 2.24) is 8.54 Å². The fraction of sp³-hybridized carbons (Fsp3) is 0.300. The SMILES string of the molecule is CCOC(=O)c1cc2c([C@@H]3C[C@@]34C(=O)N(CC)c3ccccc34)cn(C)c(=O)c2n1S(=O)(=O)c1ccc(C)cc1. The minimum absolute atomic E-state index is 0.0134. The molecule has 2 aliphatic rings. The van der Waals surface area contributed by atoms with Crippen LogP contribution in [0.3, 0.4) is 0 Å². The summed E-state index contributed by atoms with van der Waals surface area (Å²) in [5.41, 5.74) is 1.51. The number of anilines is 1. The van der Waals surface area contributed by atoms with E-state index in [1.165, 1.54) is 22.8 Å². The Hall–Kier alpha value is -4.18. The third-order valence-electron chi connectivity index (χ3n) is 8.12. The number of carbonyl (C=O) groups is 2. The highest BCUT2D eigenvalue weighted by molar-refractivity contribution is 7.90. The number of hydrogen-bond acceptors (Lipinski definition) is 6. The monoisotopic (exact) mass is 559 g/mol. The molecule has 1 spiro atoms. The van der Waals surface area contributed by atoms with Gasteiger partial charge in [0.25, 0.3) is 15.6 Å². The number of fused-ring (bicyclic) bond motifs is 3. The number of pyridine rings is 1. The van der Waals surface area contributed by atoms with Crippen LogP contribution in [0.4, 0.5) is 5.69 Å². The Labute approximate surface area is 231 Å². The van der Waals surface area contributed by atoms with Crippen LogP contribution in [0.15, 0.2) is 70.5 Å². The van der Waals surface area contributed by atoms with Gasteiger partial charge in [0.1, 0.15) is 11.2 Å². The highest BCUT2D eigenvalue weighted by atomic mass is 32.2. The van der Waals surface area contributed by atoms with E-state index in [1.807, 2.05) is 38.1 Å². The van der Waals surface area contributed by atoms with Crippen molar-refractivity contribution in [1.29, 1.82) is 0 Å². The quantitative estimate of drug-likeness (QED) is 0.332. The minimum atomic E-state index is -4.37. The summed E-state index contributed by atoms with van der Waals surface area (Å²) in [5, 5.41) is 0.323. The predicted molar refractivity (Wildman–Crippen MR) is 150 cm³/mol. The Bertz CT molecular complexity index is 1890. The molecular weight excluding hydrogens is 530 g/mol. The van der Waals surface area contributed by atoms with Crippen LogP contribution in [0, 0.1) is 6.92 Å². The van der Waals surface area contributed by atoms with Crippen LogP contribution >= 0.6 is 0 Å². The molecule has 206 valence electrons. The summed E-state index contributed by atoms with van der Waals surface area (Å²) in [4.78, 5) is 42.2. The Kier molecular flexibility index (Phi) is 5.81. The normalized spacial score (nSPS) is 19.9. The molecule has 3 heterocycles. The van der Waals surface area contributed by atoms with Gasteiger partial charge in [-0.3, -0.25) is 9.59 Å². The first-order valence-corrected chi connectivity index (χ1v) is 14.7. The van der Waals surface area contributed by atoms with Crippen molar-refractivity contribution >= 4 is 38.5 Å². The number of hydrogen-bond donors (Lipinski definition) is 0. The first kappa shape index (κ1) is 26.1. The largest absolute Gasteiger partial charge is 0.461 e. The van der Waals surface area contributed by atoms with E-state index < -0.39 is 27.0 Å². The van der Waals surface area contributed by atoms with Gasteiger partial charge < -0.3 is 14.2 Å². The third kappa shape index (κ3) is 3.45. The van der Waals surface area contributed by atoms with Crippen molar-refractivity contribution < 1.29 is 22.7 Å². The van der Waals surface area contributed by atoms with Crippen LogP contribution in [0.1, 0.15) is 53.4 Å². The van der Waals surface area contributed by atoms with Gasteiger partial charge in [0.15, 0.2) is 0 Å². The van der Waals surface area contributed by atoms with Crippen molar-refractivity contribution in [2.24, 2.45) is 7.05 Å². The second kappa shape index (κ2) is 8.92. The lowest BCUT2D eigenvalue weighted by atomic mass is 9.91. The summed E-state index contributed by atoms with van der Waals surface area (Å²) >= 11 is 0. The lowest BCUT2D eigenvalue weighted by Crippen LogP contribution is -2.32. The van der Waals surface area contributed by atoms with Crippen LogP contribution < -0.4 is 10.5 Å². The number of rotatable bonds is 6. The number of carbonyl (C=O) groups excluding carboxylic acids is 2. The van der Waals surface area contributed by atoms with Crippen LogP contribution in [-0.2, 0) is 32.0 Å². The molecule has 0 saturated heterocycles. The van der Waals surface area contributed by atoms with Crippen LogP contribution in [-0.4, -0.2) is 42.0 Å². The molecule has 1 aliphatic heterocycles. The molecule has 2 atom stereocenters. The molecule has 9 nitrogen and oxygen atoms in total. The van der Waals surface area contributed by atoms with Crippen molar-refractivity contribution in [3.8, 4) is 0 Å². The third-order valence-corrected chi connectivity index (χ3v) is 9.85.